The minimum Gasteiger partial charge on any atom is -0.378 e. The van der Waals surface area contributed by atoms with E-state index in [1.54, 1.807) is 0 Å². The fourth-order valence-corrected chi connectivity index (χ4v) is 4.85. The van der Waals surface area contributed by atoms with Gasteiger partial charge in [-0.1, -0.05) is 0 Å². The molecule has 0 bridgehead atoms. The molecule has 3 heterocycles. The zero-order valence-corrected chi connectivity index (χ0v) is 13.7. The lowest BCUT2D eigenvalue weighted by atomic mass is 9.92. The molecule has 1 amide bonds. The number of carbonyl (C=O) groups excluding carboxylic acids is 1. The van der Waals surface area contributed by atoms with Crippen LogP contribution in [0, 0.1) is 13.8 Å². The first-order chi connectivity index (χ1) is 10.0. The van der Waals surface area contributed by atoms with Gasteiger partial charge in [-0.25, -0.2) is 0 Å². The number of carbonyl (C=O) groups is 1. The van der Waals surface area contributed by atoms with Crippen molar-refractivity contribution < 1.29 is 9.53 Å². The standard InChI is InChI=1S/C16H22N2O2S/c1-4-20-14-7-16(21-8-14)9-18(10-16)15(19)13-5-11(2)17-12(3)6-13/h5-6,14H,4,7-10H2,1-3H3/t14-/m0/s1. The molecule has 4 nitrogen and oxygen atoms in total. The number of nitrogens with zero attached hydrogens (tertiary/aromatic N) is 2. The zero-order chi connectivity index (χ0) is 15.0. The summed E-state index contributed by atoms with van der Waals surface area (Å²) in [5.41, 5.74) is 2.57. The van der Waals surface area contributed by atoms with E-state index in [0.717, 1.165) is 48.8 Å². The van der Waals surface area contributed by atoms with Gasteiger partial charge < -0.3 is 9.64 Å². The van der Waals surface area contributed by atoms with Crippen molar-refractivity contribution in [3.05, 3.63) is 29.1 Å². The molecule has 3 rings (SSSR count). The van der Waals surface area contributed by atoms with Gasteiger partial charge in [0.1, 0.15) is 0 Å². The summed E-state index contributed by atoms with van der Waals surface area (Å²) < 4.78 is 5.96. The van der Waals surface area contributed by atoms with E-state index < -0.39 is 0 Å². The average Bonchev–Trinajstić information content (AvgIpc) is 2.80. The molecule has 2 fully saturated rings. The molecule has 21 heavy (non-hydrogen) atoms. The quantitative estimate of drug-likeness (QED) is 0.860. The van der Waals surface area contributed by atoms with Gasteiger partial charge in [0.2, 0.25) is 0 Å². The maximum absolute atomic E-state index is 12.5. The minimum absolute atomic E-state index is 0.134. The maximum Gasteiger partial charge on any atom is 0.254 e. The van der Waals surface area contributed by atoms with Crippen LogP contribution in [0.4, 0.5) is 0 Å². The summed E-state index contributed by atoms with van der Waals surface area (Å²) in [7, 11) is 0. The number of hydrogen-bond donors (Lipinski definition) is 0. The third kappa shape index (κ3) is 2.94. The van der Waals surface area contributed by atoms with Crippen LogP contribution in [0.5, 0.6) is 0 Å². The van der Waals surface area contributed by atoms with Gasteiger partial charge in [0, 0.05) is 42.4 Å². The minimum atomic E-state index is 0.134. The Hall–Kier alpha value is -1.07. The Bertz CT molecular complexity index is 535. The van der Waals surface area contributed by atoms with E-state index in [-0.39, 0.29) is 10.7 Å². The number of likely N-dealkylation sites (tertiary alicyclic amines) is 1. The first-order valence-corrected chi connectivity index (χ1v) is 8.50. The molecule has 114 valence electrons. The summed E-state index contributed by atoms with van der Waals surface area (Å²) in [6.07, 6.45) is 1.44. The van der Waals surface area contributed by atoms with Crippen molar-refractivity contribution in [2.75, 3.05) is 25.4 Å². The molecular formula is C16H22N2O2S. The van der Waals surface area contributed by atoms with Gasteiger partial charge in [0.25, 0.3) is 5.91 Å². The highest BCUT2D eigenvalue weighted by atomic mass is 32.2. The molecule has 0 radical (unpaired) electrons. The normalized spacial score (nSPS) is 23.4. The molecule has 2 aliphatic heterocycles. The molecule has 5 heteroatoms. The number of aryl methyl sites for hydroxylation is 2. The monoisotopic (exact) mass is 306 g/mol. The highest BCUT2D eigenvalue weighted by Crippen LogP contribution is 2.46. The van der Waals surface area contributed by atoms with E-state index in [2.05, 4.69) is 4.98 Å². The fraction of sp³-hybridized carbons (Fsp3) is 0.625. The van der Waals surface area contributed by atoms with Crippen molar-refractivity contribution in [1.29, 1.82) is 0 Å². The fourth-order valence-electron chi connectivity index (χ4n) is 3.30. The summed E-state index contributed by atoms with van der Waals surface area (Å²) in [5, 5.41) is 0. The molecule has 2 aliphatic rings. The van der Waals surface area contributed by atoms with Crippen LogP contribution in [0.3, 0.4) is 0 Å². The SMILES string of the molecule is CCO[C@@H]1CSC2(C1)CN(C(=O)c1cc(C)nc(C)c1)C2. The van der Waals surface area contributed by atoms with Crippen molar-refractivity contribution in [1.82, 2.24) is 9.88 Å². The van der Waals surface area contributed by atoms with Crippen molar-refractivity contribution in [3.63, 3.8) is 0 Å². The smallest absolute Gasteiger partial charge is 0.254 e. The molecule has 1 atom stereocenters. The molecule has 0 unspecified atom stereocenters. The van der Waals surface area contributed by atoms with Crippen LogP contribution >= 0.6 is 11.8 Å². The van der Waals surface area contributed by atoms with E-state index in [0.29, 0.717) is 6.10 Å². The average molecular weight is 306 g/mol. The summed E-state index contributed by atoms with van der Waals surface area (Å²) in [5.74, 6) is 1.19. The predicted octanol–water partition coefficient (Wildman–Crippen LogP) is 2.44. The lowest BCUT2D eigenvalue weighted by Gasteiger charge is -2.47. The number of pyridine rings is 1. The van der Waals surface area contributed by atoms with Gasteiger partial charge in [0.15, 0.2) is 0 Å². The highest BCUT2D eigenvalue weighted by Gasteiger charge is 2.50. The van der Waals surface area contributed by atoms with Crippen molar-refractivity contribution in [2.45, 2.75) is 38.0 Å². The van der Waals surface area contributed by atoms with E-state index in [9.17, 15) is 4.79 Å². The second-order valence-corrected chi connectivity index (χ2v) is 7.56. The molecule has 1 aromatic heterocycles. The van der Waals surface area contributed by atoms with Crippen LogP contribution in [0.15, 0.2) is 12.1 Å². The van der Waals surface area contributed by atoms with Crippen LogP contribution in [-0.2, 0) is 4.74 Å². The Morgan fingerprint density at radius 2 is 2.10 bits per heavy atom. The molecular weight excluding hydrogens is 284 g/mol. The number of ether oxygens (including phenoxy) is 1. The van der Waals surface area contributed by atoms with Crippen molar-refractivity contribution in [3.8, 4) is 0 Å². The first kappa shape index (κ1) is 14.9. The molecule has 0 saturated carbocycles. The lowest BCUT2D eigenvalue weighted by Crippen LogP contribution is -2.60. The van der Waals surface area contributed by atoms with Crippen LogP contribution in [-0.4, -0.2) is 52.1 Å². The molecule has 0 N–H and O–H groups in total. The summed E-state index contributed by atoms with van der Waals surface area (Å²) in [6.45, 7) is 8.38. The highest BCUT2D eigenvalue weighted by molar-refractivity contribution is 8.01. The van der Waals surface area contributed by atoms with Gasteiger partial charge in [-0.15, -0.1) is 11.8 Å². The topological polar surface area (TPSA) is 42.4 Å². The predicted molar refractivity (Wildman–Crippen MR) is 84.8 cm³/mol. The second-order valence-electron chi connectivity index (χ2n) is 6.08. The van der Waals surface area contributed by atoms with Crippen molar-refractivity contribution in [2.24, 2.45) is 0 Å². The van der Waals surface area contributed by atoms with Gasteiger partial charge >= 0.3 is 0 Å². The molecule has 2 saturated heterocycles. The Morgan fingerprint density at radius 1 is 1.43 bits per heavy atom. The number of aromatic nitrogens is 1. The molecule has 1 aromatic rings. The zero-order valence-electron chi connectivity index (χ0n) is 12.9. The number of rotatable bonds is 3. The lowest BCUT2D eigenvalue weighted by molar-refractivity contribution is 0.0359. The maximum atomic E-state index is 12.5. The van der Waals surface area contributed by atoms with E-state index in [1.807, 2.05) is 49.6 Å². The Balaban J connectivity index is 1.62. The largest absolute Gasteiger partial charge is 0.378 e. The summed E-state index contributed by atoms with van der Waals surface area (Å²) >= 11 is 1.97. The van der Waals surface area contributed by atoms with E-state index in [1.165, 1.54) is 0 Å². The second kappa shape index (κ2) is 5.61. The third-order valence-corrected chi connectivity index (χ3v) is 5.73. The van der Waals surface area contributed by atoms with E-state index >= 15 is 0 Å². The number of amides is 1. The number of thioether (sulfide) groups is 1. The van der Waals surface area contributed by atoms with Gasteiger partial charge in [0.05, 0.1) is 10.9 Å². The van der Waals surface area contributed by atoms with Crippen molar-refractivity contribution >= 4 is 17.7 Å². The third-order valence-electron chi connectivity index (χ3n) is 4.15. The number of hydrogen-bond acceptors (Lipinski definition) is 4. The van der Waals surface area contributed by atoms with Crippen LogP contribution in [0.25, 0.3) is 0 Å². The molecule has 0 aliphatic carbocycles. The van der Waals surface area contributed by atoms with Crippen LogP contribution in [0.2, 0.25) is 0 Å². The van der Waals surface area contributed by atoms with Gasteiger partial charge in [-0.3, -0.25) is 9.78 Å². The van der Waals surface area contributed by atoms with Crippen LogP contribution in [0.1, 0.15) is 35.1 Å². The van der Waals surface area contributed by atoms with Crippen LogP contribution < -0.4 is 0 Å². The Kier molecular flexibility index (Phi) is 3.97. The first-order valence-electron chi connectivity index (χ1n) is 7.51. The molecule has 1 spiro atoms. The van der Waals surface area contributed by atoms with E-state index in [4.69, 9.17) is 4.74 Å². The summed E-state index contributed by atoms with van der Waals surface area (Å²) in [6, 6.07) is 3.76. The van der Waals surface area contributed by atoms with Gasteiger partial charge in [-0.2, -0.15) is 0 Å². The molecule has 0 aromatic carbocycles. The Labute approximate surface area is 130 Å². The summed E-state index contributed by atoms with van der Waals surface area (Å²) in [4.78, 5) is 18.8. The Morgan fingerprint density at radius 3 is 2.71 bits per heavy atom. The van der Waals surface area contributed by atoms with Gasteiger partial charge in [-0.05, 0) is 39.3 Å².